The Morgan fingerprint density at radius 1 is 1.00 bits per heavy atom. The lowest BCUT2D eigenvalue weighted by Crippen LogP contribution is -2.12. The van der Waals surface area contributed by atoms with E-state index in [1.165, 1.54) is 32.1 Å². The first-order chi connectivity index (χ1) is 7.10. The summed E-state index contributed by atoms with van der Waals surface area (Å²) >= 11 is 0. The molecule has 2 atom stereocenters. The number of hydrogen-bond acceptors (Lipinski definition) is 1. The molecule has 92 valence electrons. The van der Waals surface area contributed by atoms with Crippen LogP contribution in [0.15, 0.2) is 0 Å². The highest BCUT2D eigenvalue weighted by Gasteiger charge is 2.11. The first-order valence-electron chi connectivity index (χ1n) is 6.78. The Hall–Kier alpha value is -0.0400. The van der Waals surface area contributed by atoms with Crippen LogP contribution < -0.4 is 0 Å². The second kappa shape index (κ2) is 9.21. The van der Waals surface area contributed by atoms with E-state index in [9.17, 15) is 5.11 Å². The summed E-state index contributed by atoms with van der Waals surface area (Å²) in [6.07, 6.45) is 8.37. The highest BCUT2D eigenvalue weighted by Crippen LogP contribution is 2.21. The van der Waals surface area contributed by atoms with Crippen molar-refractivity contribution in [2.24, 2.45) is 11.8 Å². The molecular weight excluding hydrogens is 184 g/mol. The Labute approximate surface area is 96.3 Å². The molecule has 0 amide bonds. The van der Waals surface area contributed by atoms with Gasteiger partial charge in [0.25, 0.3) is 0 Å². The van der Waals surface area contributed by atoms with E-state index in [2.05, 4.69) is 27.7 Å². The standard InChI is InChI=1S/C14H30O/c1-5-7-8-13(6-2)9-10-14(15)11-12(3)4/h12-15H,5-11H2,1-4H3/t13-,14-/m1/s1. The molecule has 0 unspecified atom stereocenters. The van der Waals surface area contributed by atoms with Gasteiger partial charge in [-0.15, -0.1) is 0 Å². The van der Waals surface area contributed by atoms with Crippen LogP contribution in [0.1, 0.15) is 72.6 Å². The summed E-state index contributed by atoms with van der Waals surface area (Å²) in [5.41, 5.74) is 0. The van der Waals surface area contributed by atoms with Gasteiger partial charge >= 0.3 is 0 Å². The summed E-state index contributed by atoms with van der Waals surface area (Å²) in [5.74, 6) is 1.46. The van der Waals surface area contributed by atoms with Gasteiger partial charge in [-0.2, -0.15) is 0 Å². The van der Waals surface area contributed by atoms with Gasteiger partial charge in [0.2, 0.25) is 0 Å². The van der Waals surface area contributed by atoms with Crippen molar-refractivity contribution in [3.8, 4) is 0 Å². The Balaban J connectivity index is 3.60. The fourth-order valence-corrected chi connectivity index (χ4v) is 2.14. The van der Waals surface area contributed by atoms with Crippen molar-refractivity contribution in [1.29, 1.82) is 0 Å². The molecule has 0 aromatic carbocycles. The van der Waals surface area contributed by atoms with Crippen molar-refractivity contribution in [3.05, 3.63) is 0 Å². The molecule has 0 spiro atoms. The zero-order valence-electron chi connectivity index (χ0n) is 11.1. The smallest absolute Gasteiger partial charge is 0.0542 e. The van der Waals surface area contributed by atoms with E-state index in [0.717, 1.165) is 18.8 Å². The molecule has 0 saturated heterocycles. The van der Waals surface area contributed by atoms with Crippen LogP contribution >= 0.6 is 0 Å². The molecule has 0 fully saturated rings. The minimum Gasteiger partial charge on any atom is -0.393 e. The van der Waals surface area contributed by atoms with Crippen LogP contribution in [-0.2, 0) is 0 Å². The molecule has 0 saturated carbocycles. The van der Waals surface area contributed by atoms with Crippen LogP contribution in [0.4, 0.5) is 0 Å². The van der Waals surface area contributed by atoms with E-state index in [0.29, 0.717) is 5.92 Å². The molecule has 0 radical (unpaired) electrons. The maximum absolute atomic E-state index is 9.79. The molecule has 1 N–H and O–H groups in total. The summed E-state index contributed by atoms with van der Waals surface area (Å²) in [6, 6.07) is 0. The largest absolute Gasteiger partial charge is 0.393 e. The summed E-state index contributed by atoms with van der Waals surface area (Å²) in [7, 11) is 0. The van der Waals surface area contributed by atoms with Crippen molar-refractivity contribution < 1.29 is 5.11 Å². The predicted octanol–water partition coefficient (Wildman–Crippen LogP) is 4.39. The fraction of sp³-hybridized carbons (Fsp3) is 1.00. The molecule has 1 nitrogen and oxygen atoms in total. The average Bonchev–Trinajstić information content (AvgIpc) is 2.17. The SMILES string of the molecule is CCCC[C@@H](CC)CC[C@@H](O)CC(C)C. The molecule has 0 aromatic rings. The lowest BCUT2D eigenvalue weighted by molar-refractivity contribution is 0.129. The third-order valence-electron chi connectivity index (χ3n) is 3.19. The van der Waals surface area contributed by atoms with Crippen molar-refractivity contribution in [2.45, 2.75) is 78.7 Å². The van der Waals surface area contributed by atoms with Crippen molar-refractivity contribution in [1.82, 2.24) is 0 Å². The highest BCUT2D eigenvalue weighted by atomic mass is 16.3. The zero-order chi connectivity index (χ0) is 11.7. The number of unbranched alkanes of at least 4 members (excludes halogenated alkanes) is 1. The monoisotopic (exact) mass is 214 g/mol. The normalized spacial score (nSPS) is 15.6. The molecule has 0 aliphatic heterocycles. The third kappa shape index (κ3) is 8.92. The first-order valence-corrected chi connectivity index (χ1v) is 6.78. The lowest BCUT2D eigenvalue weighted by atomic mass is 9.91. The average molecular weight is 214 g/mol. The van der Waals surface area contributed by atoms with Crippen molar-refractivity contribution in [3.63, 3.8) is 0 Å². The van der Waals surface area contributed by atoms with Crippen molar-refractivity contribution >= 4 is 0 Å². The van der Waals surface area contributed by atoms with Gasteiger partial charge in [0.1, 0.15) is 0 Å². The summed E-state index contributed by atoms with van der Waals surface area (Å²) in [6.45, 7) is 8.88. The minimum absolute atomic E-state index is 0.0688. The van der Waals surface area contributed by atoms with Gasteiger partial charge in [-0.1, -0.05) is 53.4 Å². The number of aliphatic hydroxyl groups is 1. The van der Waals surface area contributed by atoms with Gasteiger partial charge < -0.3 is 5.11 Å². The van der Waals surface area contributed by atoms with E-state index in [4.69, 9.17) is 0 Å². The fourth-order valence-electron chi connectivity index (χ4n) is 2.14. The molecule has 0 rings (SSSR count). The lowest BCUT2D eigenvalue weighted by Gasteiger charge is -2.18. The van der Waals surface area contributed by atoms with Crippen molar-refractivity contribution in [2.75, 3.05) is 0 Å². The second-order valence-corrected chi connectivity index (χ2v) is 5.28. The molecule has 0 bridgehead atoms. The van der Waals surface area contributed by atoms with Crippen LogP contribution in [0.2, 0.25) is 0 Å². The van der Waals surface area contributed by atoms with E-state index < -0.39 is 0 Å². The Morgan fingerprint density at radius 2 is 1.67 bits per heavy atom. The molecule has 0 aromatic heterocycles. The predicted molar refractivity (Wildman–Crippen MR) is 68.0 cm³/mol. The van der Waals surface area contributed by atoms with Gasteiger partial charge in [0, 0.05) is 0 Å². The summed E-state index contributed by atoms with van der Waals surface area (Å²) in [5, 5.41) is 9.79. The number of hydrogen-bond donors (Lipinski definition) is 1. The number of aliphatic hydroxyl groups excluding tert-OH is 1. The molecule has 0 aliphatic carbocycles. The molecular formula is C14H30O. The zero-order valence-corrected chi connectivity index (χ0v) is 11.1. The number of rotatable bonds is 9. The van der Waals surface area contributed by atoms with Gasteiger partial charge in [0.15, 0.2) is 0 Å². The Kier molecular flexibility index (Phi) is 9.18. The Bertz CT molecular complexity index is 131. The van der Waals surface area contributed by atoms with Crippen LogP contribution in [-0.4, -0.2) is 11.2 Å². The van der Waals surface area contributed by atoms with Gasteiger partial charge in [-0.05, 0) is 31.1 Å². The van der Waals surface area contributed by atoms with Gasteiger partial charge in [-0.3, -0.25) is 0 Å². The van der Waals surface area contributed by atoms with E-state index in [-0.39, 0.29) is 6.10 Å². The van der Waals surface area contributed by atoms with Crippen LogP contribution in [0.5, 0.6) is 0 Å². The van der Waals surface area contributed by atoms with Gasteiger partial charge in [0.05, 0.1) is 6.10 Å². The molecule has 0 heterocycles. The van der Waals surface area contributed by atoms with E-state index in [1.807, 2.05) is 0 Å². The molecule has 1 heteroatoms. The molecule has 0 aliphatic rings. The quantitative estimate of drug-likeness (QED) is 0.603. The topological polar surface area (TPSA) is 20.2 Å². The first kappa shape index (κ1) is 15.0. The van der Waals surface area contributed by atoms with Crippen LogP contribution in [0, 0.1) is 11.8 Å². The van der Waals surface area contributed by atoms with Gasteiger partial charge in [-0.25, -0.2) is 0 Å². The third-order valence-corrected chi connectivity index (χ3v) is 3.19. The maximum atomic E-state index is 9.79. The Morgan fingerprint density at radius 3 is 2.13 bits per heavy atom. The maximum Gasteiger partial charge on any atom is 0.0542 e. The van der Waals surface area contributed by atoms with E-state index in [1.54, 1.807) is 0 Å². The second-order valence-electron chi connectivity index (χ2n) is 5.28. The minimum atomic E-state index is -0.0688. The summed E-state index contributed by atoms with van der Waals surface area (Å²) < 4.78 is 0. The van der Waals surface area contributed by atoms with E-state index >= 15 is 0 Å². The van der Waals surface area contributed by atoms with Crippen LogP contribution in [0.25, 0.3) is 0 Å². The molecule has 15 heavy (non-hydrogen) atoms. The highest BCUT2D eigenvalue weighted by molar-refractivity contribution is 4.63. The summed E-state index contributed by atoms with van der Waals surface area (Å²) in [4.78, 5) is 0. The van der Waals surface area contributed by atoms with Crippen LogP contribution in [0.3, 0.4) is 0 Å².